The molecule has 0 bridgehead atoms. The number of nitrogens with one attached hydrogen (secondary N) is 1. The third-order valence-corrected chi connectivity index (χ3v) is 3.77. The van der Waals surface area contributed by atoms with Crippen molar-refractivity contribution >= 4 is 11.6 Å². The van der Waals surface area contributed by atoms with Crippen LogP contribution in [0, 0.1) is 0 Å². The van der Waals surface area contributed by atoms with E-state index in [1.807, 2.05) is 35.1 Å². The maximum absolute atomic E-state index is 12.1. The molecule has 1 aromatic carbocycles. The Hall–Kier alpha value is -2.17. The topological polar surface area (TPSA) is 59.8 Å². The van der Waals surface area contributed by atoms with Crippen LogP contribution >= 0.6 is 0 Å². The summed E-state index contributed by atoms with van der Waals surface area (Å²) in [5, 5.41) is 11.4. The number of amides is 1. The molecule has 2 rings (SSSR count). The number of hydrogen-bond acceptors (Lipinski definition) is 3. The molecule has 124 valence electrons. The smallest absolute Gasteiger partial charge is 0.224 e. The second kappa shape index (κ2) is 8.46. The minimum absolute atomic E-state index is 0.0600. The van der Waals surface area contributed by atoms with Crippen LogP contribution in [0.25, 0.3) is 11.3 Å². The van der Waals surface area contributed by atoms with E-state index < -0.39 is 0 Å². The molecule has 0 saturated carbocycles. The summed E-state index contributed by atoms with van der Waals surface area (Å²) in [5.74, 6) is 0.0600. The summed E-state index contributed by atoms with van der Waals surface area (Å²) in [6.07, 6.45) is 6.88. The van der Waals surface area contributed by atoms with E-state index in [2.05, 4.69) is 36.4 Å². The molecule has 0 saturated heterocycles. The predicted octanol–water partition coefficient (Wildman–Crippen LogP) is 4.43. The van der Waals surface area contributed by atoms with E-state index in [1.54, 1.807) is 0 Å². The van der Waals surface area contributed by atoms with Crippen LogP contribution in [-0.2, 0) is 4.79 Å². The average molecular weight is 314 g/mol. The van der Waals surface area contributed by atoms with Gasteiger partial charge in [-0.2, -0.15) is 0 Å². The molecule has 0 aliphatic heterocycles. The van der Waals surface area contributed by atoms with E-state index in [-0.39, 0.29) is 11.9 Å². The van der Waals surface area contributed by atoms with Gasteiger partial charge in [-0.3, -0.25) is 4.79 Å². The van der Waals surface area contributed by atoms with Gasteiger partial charge in [0.15, 0.2) is 0 Å². The highest BCUT2D eigenvalue weighted by molar-refractivity contribution is 5.94. The largest absolute Gasteiger partial charge is 0.325 e. The van der Waals surface area contributed by atoms with Crippen molar-refractivity contribution in [1.29, 1.82) is 0 Å². The second-order valence-corrected chi connectivity index (χ2v) is 6.08. The van der Waals surface area contributed by atoms with Crippen LogP contribution in [0.1, 0.15) is 58.9 Å². The van der Waals surface area contributed by atoms with Crippen molar-refractivity contribution in [3.8, 4) is 11.3 Å². The highest BCUT2D eigenvalue weighted by atomic mass is 16.1. The van der Waals surface area contributed by atoms with Crippen LogP contribution in [0.3, 0.4) is 0 Å². The molecule has 5 nitrogen and oxygen atoms in total. The number of hydrogen-bond donors (Lipinski definition) is 1. The van der Waals surface area contributed by atoms with Gasteiger partial charge in [0.05, 0.1) is 11.9 Å². The van der Waals surface area contributed by atoms with Crippen molar-refractivity contribution in [3.05, 3.63) is 30.5 Å². The lowest BCUT2D eigenvalue weighted by atomic mass is 10.1. The zero-order valence-corrected chi connectivity index (χ0v) is 14.2. The molecule has 0 aliphatic carbocycles. The van der Waals surface area contributed by atoms with E-state index in [0.29, 0.717) is 6.42 Å². The quantitative estimate of drug-likeness (QED) is 0.733. The van der Waals surface area contributed by atoms with Gasteiger partial charge in [-0.25, -0.2) is 4.68 Å². The van der Waals surface area contributed by atoms with Crippen molar-refractivity contribution in [2.24, 2.45) is 0 Å². The fourth-order valence-electron chi connectivity index (χ4n) is 2.39. The van der Waals surface area contributed by atoms with Crippen molar-refractivity contribution < 1.29 is 4.79 Å². The molecular formula is C18H26N4O. The number of aromatic nitrogens is 3. The van der Waals surface area contributed by atoms with Crippen LogP contribution in [0.15, 0.2) is 30.5 Å². The first-order valence-corrected chi connectivity index (χ1v) is 8.43. The second-order valence-electron chi connectivity index (χ2n) is 6.08. The molecule has 0 fully saturated rings. The van der Waals surface area contributed by atoms with E-state index in [4.69, 9.17) is 0 Å². The predicted molar refractivity (Wildman–Crippen MR) is 93.2 cm³/mol. The van der Waals surface area contributed by atoms with Gasteiger partial charge in [0, 0.05) is 18.0 Å². The Labute approximate surface area is 138 Å². The van der Waals surface area contributed by atoms with Gasteiger partial charge in [0.25, 0.3) is 0 Å². The SMILES string of the molecule is CCCCCCC(=O)Nc1ccccc1-c1cn(C(C)C)nn1. The van der Waals surface area contributed by atoms with Gasteiger partial charge in [-0.1, -0.05) is 49.6 Å². The maximum atomic E-state index is 12.1. The van der Waals surface area contributed by atoms with Gasteiger partial charge in [0.1, 0.15) is 5.69 Å². The van der Waals surface area contributed by atoms with Gasteiger partial charge in [0.2, 0.25) is 5.91 Å². The molecule has 0 radical (unpaired) electrons. The fourth-order valence-corrected chi connectivity index (χ4v) is 2.39. The van der Waals surface area contributed by atoms with Gasteiger partial charge in [-0.15, -0.1) is 5.10 Å². The number of carbonyl (C=O) groups is 1. The third kappa shape index (κ3) is 4.91. The lowest BCUT2D eigenvalue weighted by Gasteiger charge is -2.09. The summed E-state index contributed by atoms with van der Waals surface area (Å²) < 4.78 is 1.82. The number of unbranched alkanes of at least 4 members (excludes halogenated alkanes) is 3. The summed E-state index contributed by atoms with van der Waals surface area (Å²) in [6.45, 7) is 6.28. The Balaban J connectivity index is 2.06. The lowest BCUT2D eigenvalue weighted by Crippen LogP contribution is -2.11. The molecule has 23 heavy (non-hydrogen) atoms. The molecule has 1 N–H and O–H groups in total. The summed E-state index contributed by atoms with van der Waals surface area (Å²) >= 11 is 0. The molecule has 0 aliphatic rings. The Bertz CT molecular complexity index is 633. The first-order chi connectivity index (χ1) is 11.1. The van der Waals surface area contributed by atoms with E-state index in [9.17, 15) is 4.79 Å². The Kier molecular flexibility index (Phi) is 6.32. The van der Waals surface area contributed by atoms with Crippen molar-refractivity contribution in [3.63, 3.8) is 0 Å². The third-order valence-electron chi connectivity index (χ3n) is 3.77. The minimum Gasteiger partial charge on any atom is -0.325 e. The normalized spacial score (nSPS) is 11.0. The van der Waals surface area contributed by atoms with E-state index >= 15 is 0 Å². The number of para-hydroxylation sites is 1. The van der Waals surface area contributed by atoms with Crippen LogP contribution in [-0.4, -0.2) is 20.9 Å². The Morgan fingerprint density at radius 3 is 2.70 bits per heavy atom. The molecule has 0 spiro atoms. The fraction of sp³-hybridized carbons (Fsp3) is 0.500. The van der Waals surface area contributed by atoms with Gasteiger partial charge < -0.3 is 5.32 Å². The molecule has 1 amide bonds. The number of nitrogens with zero attached hydrogens (tertiary/aromatic N) is 3. The molecule has 1 aromatic heterocycles. The average Bonchev–Trinajstić information content (AvgIpc) is 3.02. The van der Waals surface area contributed by atoms with Crippen molar-refractivity contribution in [2.45, 2.75) is 58.9 Å². The lowest BCUT2D eigenvalue weighted by molar-refractivity contribution is -0.116. The molecular weight excluding hydrogens is 288 g/mol. The summed E-state index contributed by atoms with van der Waals surface area (Å²) in [6, 6.07) is 8.00. The molecule has 1 heterocycles. The maximum Gasteiger partial charge on any atom is 0.224 e. The standard InChI is InChI=1S/C18H26N4O/c1-4-5-6-7-12-18(23)19-16-11-9-8-10-15(16)17-13-22(14(2)3)21-20-17/h8-11,13-14H,4-7,12H2,1-3H3,(H,19,23). The molecule has 0 unspecified atom stereocenters. The van der Waals surface area contributed by atoms with Crippen LogP contribution in [0.4, 0.5) is 5.69 Å². The molecule has 5 heteroatoms. The first kappa shape index (κ1) is 17.2. The summed E-state index contributed by atoms with van der Waals surface area (Å²) in [5.41, 5.74) is 2.48. The minimum atomic E-state index is 0.0600. The summed E-state index contributed by atoms with van der Waals surface area (Å²) in [4.78, 5) is 12.1. The molecule has 0 atom stereocenters. The van der Waals surface area contributed by atoms with E-state index in [0.717, 1.165) is 29.8 Å². The number of carbonyl (C=O) groups excluding carboxylic acids is 1. The van der Waals surface area contributed by atoms with Crippen molar-refractivity contribution in [1.82, 2.24) is 15.0 Å². The highest BCUT2D eigenvalue weighted by Crippen LogP contribution is 2.26. The first-order valence-electron chi connectivity index (χ1n) is 8.43. The Morgan fingerprint density at radius 1 is 1.22 bits per heavy atom. The van der Waals surface area contributed by atoms with Crippen LogP contribution < -0.4 is 5.32 Å². The zero-order chi connectivity index (χ0) is 16.7. The van der Waals surface area contributed by atoms with Crippen LogP contribution in [0.5, 0.6) is 0 Å². The number of anilines is 1. The number of benzene rings is 1. The van der Waals surface area contributed by atoms with Crippen molar-refractivity contribution in [2.75, 3.05) is 5.32 Å². The summed E-state index contributed by atoms with van der Waals surface area (Å²) in [7, 11) is 0. The highest BCUT2D eigenvalue weighted by Gasteiger charge is 2.12. The Morgan fingerprint density at radius 2 is 2.00 bits per heavy atom. The van der Waals surface area contributed by atoms with Crippen LogP contribution in [0.2, 0.25) is 0 Å². The number of rotatable bonds is 8. The van der Waals surface area contributed by atoms with Gasteiger partial charge >= 0.3 is 0 Å². The molecule has 2 aromatic rings. The zero-order valence-electron chi connectivity index (χ0n) is 14.2. The monoisotopic (exact) mass is 314 g/mol. The van der Waals surface area contributed by atoms with E-state index in [1.165, 1.54) is 12.8 Å². The van der Waals surface area contributed by atoms with Gasteiger partial charge in [-0.05, 0) is 26.3 Å².